The van der Waals surface area contributed by atoms with Gasteiger partial charge in [0.05, 0.1) is 11.5 Å². The van der Waals surface area contributed by atoms with Crippen molar-refractivity contribution in [2.75, 3.05) is 23.8 Å². The summed E-state index contributed by atoms with van der Waals surface area (Å²) in [5.41, 5.74) is 3.42. The largest absolute Gasteiger partial charge is 0.360 e. The van der Waals surface area contributed by atoms with Crippen molar-refractivity contribution in [3.63, 3.8) is 0 Å². The summed E-state index contributed by atoms with van der Waals surface area (Å²) in [6, 6.07) is 18.5. The van der Waals surface area contributed by atoms with E-state index in [1.165, 1.54) is 23.1 Å². The number of carbonyl (C=O) groups excluding carboxylic acids is 2. The molecule has 1 amide bonds. The second-order valence-electron chi connectivity index (χ2n) is 7.31. The van der Waals surface area contributed by atoms with E-state index in [2.05, 4.69) is 5.32 Å². The predicted molar refractivity (Wildman–Crippen MR) is 121 cm³/mol. The van der Waals surface area contributed by atoms with Crippen molar-refractivity contribution in [1.82, 2.24) is 0 Å². The Labute approximate surface area is 180 Å². The third-order valence-electron chi connectivity index (χ3n) is 5.14. The number of carbonyl (C=O) groups is 2. The molecule has 31 heavy (non-hydrogen) atoms. The molecule has 0 aliphatic rings. The number of nitrogens with zero attached hydrogens (tertiary/aromatic N) is 2. The van der Waals surface area contributed by atoms with E-state index in [0.717, 1.165) is 11.1 Å². The van der Waals surface area contributed by atoms with Gasteiger partial charge in [0.15, 0.2) is 5.78 Å². The van der Waals surface area contributed by atoms with Gasteiger partial charge in [0.25, 0.3) is 5.69 Å². The fourth-order valence-corrected chi connectivity index (χ4v) is 3.27. The summed E-state index contributed by atoms with van der Waals surface area (Å²) in [7, 11) is 1.60. The fourth-order valence-electron chi connectivity index (χ4n) is 3.27. The SMILES string of the molecule is Cc1cccc(NC(=O)CN(C)c2ccc(C(=O)c3ccccc3)cc2[N+](=O)[O-])c1C. The third-order valence-corrected chi connectivity index (χ3v) is 5.14. The first-order valence-electron chi connectivity index (χ1n) is 9.73. The zero-order valence-corrected chi connectivity index (χ0v) is 17.6. The van der Waals surface area contributed by atoms with E-state index in [-0.39, 0.29) is 35.2 Å². The molecule has 0 aromatic heterocycles. The zero-order chi connectivity index (χ0) is 22.5. The lowest BCUT2D eigenvalue weighted by Gasteiger charge is -2.19. The minimum Gasteiger partial charge on any atom is -0.360 e. The molecule has 7 heteroatoms. The zero-order valence-electron chi connectivity index (χ0n) is 17.6. The first kappa shape index (κ1) is 21.7. The van der Waals surface area contributed by atoms with Crippen LogP contribution in [0, 0.1) is 24.0 Å². The number of hydrogen-bond donors (Lipinski definition) is 1. The molecule has 0 heterocycles. The van der Waals surface area contributed by atoms with Crippen molar-refractivity contribution in [2.45, 2.75) is 13.8 Å². The molecular formula is C24H23N3O4. The molecule has 1 N–H and O–H groups in total. The predicted octanol–water partition coefficient (Wildman–Crippen LogP) is 4.52. The Morgan fingerprint density at radius 3 is 2.35 bits per heavy atom. The Bertz CT molecular complexity index is 1140. The van der Waals surface area contributed by atoms with E-state index < -0.39 is 4.92 Å². The number of hydrogen-bond acceptors (Lipinski definition) is 5. The maximum absolute atomic E-state index is 12.6. The number of aryl methyl sites for hydroxylation is 1. The molecule has 3 aromatic rings. The molecule has 3 aromatic carbocycles. The first-order valence-corrected chi connectivity index (χ1v) is 9.73. The highest BCUT2D eigenvalue weighted by Crippen LogP contribution is 2.29. The summed E-state index contributed by atoms with van der Waals surface area (Å²) in [5.74, 6) is -0.597. The summed E-state index contributed by atoms with van der Waals surface area (Å²) in [6.07, 6.45) is 0. The van der Waals surface area contributed by atoms with Crippen molar-refractivity contribution >= 4 is 28.8 Å². The molecule has 0 atom stereocenters. The van der Waals surface area contributed by atoms with Gasteiger partial charge in [-0.3, -0.25) is 19.7 Å². The quantitative estimate of drug-likeness (QED) is 0.347. The topological polar surface area (TPSA) is 92.6 Å². The number of likely N-dealkylation sites (N-methyl/N-ethyl adjacent to an activating group) is 1. The summed E-state index contributed by atoms with van der Waals surface area (Å²) < 4.78 is 0. The van der Waals surface area contributed by atoms with E-state index in [9.17, 15) is 19.7 Å². The molecule has 7 nitrogen and oxygen atoms in total. The lowest BCUT2D eigenvalue weighted by Crippen LogP contribution is -2.30. The van der Waals surface area contributed by atoms with Gasteiger partial charge in [0.2, 0.25) is 5.91 Å². The van der Waals surface area contributed by atoms with E-state index in [1.807, 2.05) is 32.0 Å². The van der Waals surface area contributed by atoms with Crippen molar-refractivity contribution in [3.8, 4) is 0 Å². The number of ketones is 1. The molecule has 0 aliphatic heterocycles. The van der Waals surface area contributed by atoms with Gasteiger partial charge in [-0.15, -0.1) is 0 Å². The van der Waals surface area contributed by atoms with E-state index in [4.69, 9.17) is 0 Å². The van der Waals surface area contributed by atoms with Crippen molar-refractivity contribution in [3.05, 3.63) is 99.1 Å². The molecule has 0 spiro atoms. The average Bonchev–Trinajstić information content (AvgIpc) is 2.76. The van der Waals surface area contributed by atoms with Gasteiger partial charge in [-0.05, 0) is 43.2 Å². The summed E-state index contributed by atoms with van der Waals surface area (Å²) >= 11 is 0. The van der Waals surface area contributed by atoms with Crippen molar-refractivity contribution in [2.24, 2.45) is 0 Å². The van der Waals surface area contributed by atoms with Gasteiger partial charge in [0.1, 0.15) is 5.69 Å². The van der Waals surface area contributed by atoms with Crippen LogP contribution in [0.2, 0.25) is 0 Å². The van der Waals surface area contributed by atoms with Crippen LogP contribution >= 0.6 is 0 Å². The average molecular weight is 417 g/mol. The summed E-state index contributed by atoms with van der Waals surface area (Å²) in [6.45, 7) is 3.79. The summed E-state index contributed by atoms with van der Waals surface area (Å²) in [5, 5.41) is 14.5. The summed E-state index contributed by atoms with van der Waals surface area (Å²) in [4.78, 5) is 37.8. The van der Waals surface area contributed by atoms with Crippen LogP contribution in [0.15, 0.2) is 66.7 Å². The highest BCUT2D eigenvalue weighted by atomic mass is 16.6. The number of benzene rings is 3. The van der Waals surface area contributed by atoms with Crippen molar-refractivity contribution < 1.29 is 14.5 Å². The van der Waals surface area contributed by atoms with E-state index in [0.29, 0.717) is 11.3 Å². The molecule has 0 radical (unpaired) electrons. The molecule has 0 bridgehead atoms. The minimum atomic E-state index is -0.545. The van der Waals surface area contributed by atoms with Crippen LogP contribution in [0.5, 0.6) is 0 Å². The van der Waals surface area contributed by atoms with Crippen LogP contribution in [0.25, 0.3) is 0 Å². The smallest absolute Gasteiger partial charge is 0.293 e. The molecule has 0 aliphatic carbocycles. The fraction of sp³-hybridized carbons (Fsp3) is 0.167. The lowest BCUT2D eigenvalue weighted by atomic mass is 10.0. The first-order chi connectivity index (χ1) is 14.8. The van der Waals surface area contributed by atoms with E-state index in [1.54, 1.807) is 37.4 Å². The highest BCUT2D eigenvalue weighted by Gasteiger charge is 2.22. The standard InChI is InChI=1S/C24H23N3O4/c1-16-8-7-11-20(17(16)2)25-23(28)15-26(3)21-13-12-19(14-22(21)27(30)31)24(29)18-9-5-4-6-10-18/h4-14H,15H2,1-3H3,(H,25,28). The van der Waals surface area contributed by atoms with Gasteiger partial charge in [-0.1, -0.05) is 42.5 Å². The van der Waals surface area contributed by atoms with Crippen LogP contribution in [-0.4, -0.2) is 30.2 Å². The number of amides is 1. The molecule has 0 unspecified atom stereocenters. The minimum absolute atomic E-state index is 0.0831. The van der Waals surface area contributed by atoms with Gasteiger partial charge >= 0.3 is 0 Å². The highest BCUT2D eigenvalue weighted by molar-refractivity contribution is 6.09. The molecule has 3 rings (SSSR count). The molecule has 0 fully saturated rings. The number of nitro groups is 1. The Balaban J connectivity index is 1.81. The van der Waals surface area contributed by atoms with Crippen LogP contribution in [-0.2, 0) is 4.79 Å². The number of anilines is 2. The van der Waals surface area contributed by atoms with Crippen LogP contribution in [0.1, 0.15) is 27.0 Å². The van der Waals surface area contributed by atoms with Crippen LogP contribution < -0.4 is 10.2 Å². The van der Waals surface area contributed by atoms with E-state index >= 15 is 0 Å². The van der Waals surface area contributed by atoms with Gasteiger partial charge in [-0.25, -0.2) is 0 Å². The van der Waals surface area contributed by atoms with Gasteiger partial charge in [0, 0.05) is 29.9 Å². The maximum Gasteiger partial charge on any atom is 0.293 e. The number of nitrogens with one attached hydrogen (secondary N) is 1. The second-order valence-corrected chi connectivity index (χ2v) is 7.31. The monoisotopic (exact) mass is 417 g/mol. The van der Waals surface area contributed by atoms with Gasteiger partial charge in [-0.2, -0.15) is 0 Å². The third kappa shape index (κ3) is 4.95. The molecule has 0 saturated carbocycles. The Hall–Kier alpha value is -4.00. The maximum atomic E-state index is 12.6. The number of nitro benzene ring substituents is 1. The van der Waals surface area contributed by atoms with Gasteiger partial charge < -0.3 is 10.2 Å². The Morgan fingerprint density at radius 2 is 1.68 bits per heavy atom. The Morgan fingerprint density at radius 1 is 0.968 bits per heavy atom. The lowest BCUT2D eigenvalue weighted by molar-refractivity contribution is -0.384. The molecule has 158 valence electrons. The van der Waals surface area contributed by atoms with Crippen molar-refractivity contribution in [1.29, 1.82) is 0 Å². The second kappa shape index (κ2) is 9.21. The van der Waals surface area contributed by atoms with Crippen LogP contribution in [0.3, 0.4) is 0 Å². The normalized spacial score (nSPS) is 10.4. The molecular weight excluding hydrogens is 394 g/mol. The number of rotatable bonds is 7. The Kier molecular flexibility index (Phi) is 6.45. The molecule has 0 saturated heterocycles. The van der Waals surface area contributed by atoms with Crippen LogP contribution in [0.4, 0.5) is 17.1 Å².